The van der Waals surface area contributed by atoms with Crippen LogP contribution in [0.3, 0.4) is 0 Å². The normalized spacial score (nSPS) is 11.2. The summed E-state index contributed by atoms with van der Waals surface area (Å²) in [4.78, 5) is 0. The van der Waals surface area contributed by atoms with Crippen molar-refractivity contribution in [2.24, 2.45) is 0 Å². The number of aliphatic hydroxyl groups is 1. The molecule has 0 aromatic heterocycles. The molecule has 0 bridgehead atoms. The minimum atomic E-state index is -0.241. The molecule has 1 aromatic rings. The van der Waals surface area contributed by atoms with Gasteiger partial charge in [-0.1, -0.05) is 0 Å². The molecular formula is C9H13AsO2. The summed E-state index contributed by atoms with van der Waals surface area (Å²) in [5.74, 6) is 0.370. The molecule has 2 N–H and O–H groups in total. The zero-order valence-electron chi connectivity index (χ0n) is 7.04. The van der Waals surface area contributed by atoms with Crippen molar-refractivity contribution in [3.05, 3.63) is 23.8 Å². The Balaban J connectivity index is 2.69. The third-order valence-corrected chi connectivity index (χ3v) is 4.15. The van der Waals surface area contributed by atoms with E-state index in [1.165, 1.54) is 4.35 Å². The number of phenols is 1. The SMILES string of the molecule is Cc1ccc([AsH]CCO)cc1O. The molecule has 0 spiro atoms. The second kappa shape index (κ2) is 4.54. The van der Waals surface area contributed by atoms with Gasteiger partial charge in [0, 0.05) is 0 Å². The zero-order valence-corrected chi connectivity index (χ0v) is 9.14. The Morgan fingerprint density at radius 1 is 1.42 bits per heavy atom. The number of aliphatic hydroxyl groups excluding tert-OH is 1. The summed E-state index contributed by atoms with van der Waals surface area (Å²) >= 11 is -0.241. The molecule has 0 saturated carbocycles. The van der Waals surface area contributed by atoms with Crippen LogP contribution in [-0.2, 0) is 0 Å². The number of hydrogen-bond acceptors (Lipinski definition) is 2. The molecule has 0 heterocycles. The van der Waals surface area contributed by atoms with Crippen molar-refractivity contribution >= 4 is 20.1 Å². The van der Waals surface area contributed by atoms with Crippen molar-refractivity contribution in [1.29, 1.82) is 0 Å². The maximum atomic E-state index is 9.36. The fourth-order valence-corrected chi connectivity index (χ4v) is 2.68. The molecular weight excluding hydrogens is 215 g/mol. The number of aryl methyl sites for hydroxylation is 1. The van der Waals surface area contributed by atoms with Gasteiger partial charge < -0.3 is 0 Å². The first-order chi connectivity index (χ1) is 5.74. The van der Waals surface area contributed by atoms with Gasteiger partial charge in [0.15, 0.2) is 0 Å². The Bertz CT molecular complexity index is 261. The van der Waals surface area contributed by atoms with Crippen molar-refractivity contribution < 1.29 is 10.2 Å². The summed E-state index contributed by atoms with van der Waals surface area (Å²) in [6.07, 6.45) is 0. The number of hydrogen-bond donors (Lipinski definition) is 2. The van der Waals surface area contributed by atoms with Crippen LogP contribution < -0.4 is 4.35 Å². The Morgan fingerprint density at radius 2 is 2.17 bits per heavy atom. The minimum absolute atomic E-state index is 0.241. The van der Waals surface area contributed by atoms with E-state index in [0.717, 1.165) is 10.8 Å². The van der Waals surface area contributed by atoms with Crippen molar-refractivity contribution in [2.75, 3.05) is 6.61 Å². The number of phenolic OH excluding ortho intramolecular Hbond substituents is 1. The van der Waals surface area contributed by atoms with Gasteiger partial charge in [-0.25, -0.2) is 0 Å². The van der Waals surface area contributed by atoms with E-state index in [4.69, 9.17) is 5.11 Å². The average molecular weight is 228 g/mol. The number of benzene rings is 1. The van der Waals surface area contributed by atoms with Gasteiger partial charge in [-0.15, -0.1) is 0 Å². The first kappa shape index (κ1) is 9.63. The molecule has 0 radical (unpaired) electrons. The molecule has 0 fully saturated rings. The summed E-state index contributed by atoms with van der Waals surface area (Å²) in [6.45, 7) is 2.14. The van der Waals surface area contributed by atoms with E-state index in [2.05, 4.69) is 0 Å². The standard InChI is InChI=1S/C9H13AsO2/c1-7-2-3-8(6-9(7)12)10-4-5-11/h2-3,6,10-12H,4-5H2,1H3. The Labute approximate surface area is 78.9 Å². The van der Waals surface area contributed by atoms with Gasteiger partial charge in [-0.05, 0) is 0 Å². The molecule has 0 amide bonds. The quantitative estimate of drug-likeness (QED) is 0.724. The van der Waals surface area contributed by atoms with Gasteiger partial charge >= 0.3 is 78.6 Å². The van der Waals surface area contributed by atoms with Gasteiger partial charge in [-0.3, -0.25) is 0 Å². The van der Waals surface area contributed by atoms with E-state index in [9.17, 15) is 5.11 Å². The van der Waals surface area contributed by atoms with E-state index < -0.39 is 0 Å². The van der Waals surface area contributed by atoms with E-state index in [1.807, 2.05) is 25.1 Å². The first-order valence-corrected chi connectivity index (χ1v) is 6.41. The summed E-state index contributed by atoms with van der Waals surface area (Å²) in [5.41, 5.74) is 0.911. The maximum absolute atomic E-state index is 9.36. The predicted molar refractivity (Wildman–Crippen MR) is 51.5 cm³/mol. The van der Waals surface area contributed by atoms with Gasteiger partial charge in [-0.2, -0.15) is 0 Å². The van der Waals surface area contributed by atoms with Crippen LogP contribution in [0.25, 0.3) is 0 Å². The molecule has 1 atom stereocenters. The summed E-state index contributed by atoms with van der Waals surface area (Å²) in [7, 11) is 0. The monoisotopic (exact) mass is 228 g/mol. The number of rotatable bonds is 3. The fraction of sp³-hybridized carbons (Fsp3) is 0.333. The van der Waals surface area contributed by atoms with Crippen LogP contribution in [0, 0.1) is 6.92 Å². The number of aromatic hydroxyl groups is 1. The average Bonchev–Trinajstić information content (AvgIpc) is 2.07. The Hall–Kier alpha value is -0.462. The van der Waals surface area contributed by atoms with Crippen molar-refractivity contribution in [1.82, 2.24) is 0 Å². The van der Waals surface area contributed by atoms with Crippen LogP contribution >= 0.6 is 0 Å². The molecule has 0 aliphatic heterocycles. The second-order valence-corrected chi connectivity index (χ2v) is 5.65. The van der Waals surface area contributed by atoms with Crippen molar-refractivity contribution in [3.63, 3.8) is 0 Å². The predicted octanol–water partition coefficient (Wildman–Crippen LogP) is 0.173. The molecule has 0 saturated heterocycles. The van der Waals surface area contributed by atoms with E-state index >= 15 is 0 Å². The molecule has 1 aromatic carbocycles. The summed E-state index contributed by atoms with van der Waals surface area (Å²) < 4.78 is 1.20. The van der Waals surface area contributed by atoms with Crippen LogP contribution in [0.1, 0.15) is 5.56 Å². The van der Waals surface area contributed by atoms with Gasteiger partial charge in [0.2, 0.25) is 0 Å². The van der Waals surface area contributed by atoms with Gasteiger partial charge in [0.05, 0.1) is 0 Å². The molecule has 0 aliphatic carbocycles. The second-order valence-electron chi connectivity index (χ2n) is 2.65. The Morgan fingerprint density at radius 3 is 2.75 bits per heavy atom. The topological polar surface area (TPSA) is 40.5 Å². The third-order valence-electron chi connectivity index (χ3n) is 1.65. The van der Waals surface area contributed by atoms with Crippen molar-refractivity contribution in [2.45, 2.75) is 12.1 Å². The first-order valence-electron chi connectivity index (χ1n) is 3.88. The molecule has 66 valence electrons. The van der Waals surface area contributed by atoms with Crippen molar-refractivity contribution in [3.8, 4) is 5.75 Å². The van der Waals surface area contributed by atoms with Crippen LogP contribution in [0.2, 0.25) is 5.21 Å². The van der Waals surface area contributed by atoms with E-state index in [-0.39, 0.29) is 22.4 Å². The van der Waals surface area contributed by atoms with E-state index in [1.54, 1.807) is 0 Å². The van der Waals surface area contributed by atoms with Crippen LogP contribution in [0.15, 0.2) is 18.2 Å². The molecule has 3 heteroatoms. The van der Waals surface area contributed by atoms with Crippen LogP contribution in [0.5, 0.6) is 5.75 Å². The van der Waals surface area contributed by atoms with E-state index in [0.29, 0.717) is 5.75 Å². The molecule has 1 unspecified atom stereocenters. The van der Waals surface area contributed by atoms with Gasteiger partial charge in [0.25, 0.3) is 0 Å². The third kappa shape index (κ3) is 2.54. The molecule has 0 aliphatic rings. The zero-order chi connectivity index (χ0) is 8.97. The Kier molecular flexibility index (Phi) is 3.64. The fourth-order valence-electron chi connectivity index (χ4n) is 0.920. The van der Waals surface area contributed by atoms with Crippen LogP contribution in [0.4, 0.5) is 0 Å². The van der Waals surface area contributed by atoms with Crippen LogP contribution in [-0.4, -0.2) is 32.6 Å². The summed E-state index contributed by atoms with van der Waals surface area (Å²) in [5, 5.41) is 18.9. The molecule has 12 heavy (non-hydrogen) atoms. The van der Waals surface area contributed by atoms with Gasteiger partial charge in [0.1, 0.15) is 0 Å². The summed E-state index contributed by atoms with van der Waals surface area (Å²) in [6, 6.07) is 5.77. The molecule has 2 nitrogen and oxygen atoms in total. The molecule has 1 rings (SSSR count).